The van der Waals surface area contributed by atoms with Crippen molar-refractivity contribution in [3.8, 4) is 0 Å². The van der Waals surface area contributed by atoms with Crippen molar-refractivity contribution >= 4 is 0 Å². The Morgan fingerprint density at radius 2 is 1.47 bits per heavy atom. The maximum Gasteiger partial charge on any atom is -0.0269 e. The van der Waals surface area contributed by atoms with Crippen LogP contribution in [0.5, 0.6) is 0 Å². The number of fused-ring (bicyclic) bond motifs is 5. The van der Waals surface area contributed by atoms with E-state index in [0.717, 1.165) is 41.4 Å². The Hall–Kier alpha value is 0. The minimum atomic E-state index is 0.550. The van der Waals surface area contributed by atoms with Gasteiger partial charge in [-0.2, -0.15) is 0 Å². The van der Waals surface area contributed by atoms with Crippen molar-refractivity contribution in [2.75, 3.05) is 0 Å². The topological polar surface area (TPSA) is 0 Å². The van der Waals surface area contributed by atoms with Crippen LogP contribution >= 0.6 is 0 Å². The SMILES string of the molecule is CCC(C)C1CC(C)C2C1C1CC2C(C)(C)C1(C)C. The third-order valence-corrected chi connectivity index (χ3v) is 8.57. The van der Waals surface area contributed by atoms with E-state index in [1.807, 2.05) is 0 Å². The average Bonchev–Trinajstić information content (AvgIpc) is 2.91. The first-order valence-corrected chi connectivity index (χ1v) is 8.73. The van der Waals surface area contributed by atoms with Gasteiger partial charge in [0, 0.05) is 0 Å². The molecule has 0 aromatic carbocycles. The van der Waals surface area contributed by atoms with Gasteiger partial charge in [-0.3, -0.25) is 0 Å². The first kappa shape index (κ1) is 14.0. The molecule has 0 heterocycles. The molecule has 0 aliphatic heterocycles. The fourth-order valence-electron chi connectivity index (χ4n) is 6.65. The van der Waals surface area contributed by atoms with E-state index in [-0.39, 0.29) is 0 Å². The van der Waals surface area contributed by atoms with Crippen LogP contribution in [0.4, 0.5) is 0 Å². The first-order valence-electron chi connectivity index (χ1n) is 8.73. The maximum atomic E-state index is 2.57. The minimum absolute atomic E-state index is 0.550. The Kier molecular flexibility index (Phi) is 2.95. The highest BCUT2D eigenvalue weighted by atomic mass is 14.7. The molecular formula is C19H34. The molecule has 0 aromatic rings. The quantitative estimate of drug-likeness (QED) is 0.605. The average molecular weight is 262 g/mol. The molecule has 7 atom stereocenters. The summed E-state index contributed by atoms with van der Waals surface area (Å²) >= 11 is 0. The molecular weight excluding hydrogens is 228 g/mol. The lowest BCUT2D eigenvalue weighted by atomic mass is 9.53. The van der Waals surface area contributed by atoms with Crippen molar-refractivity contribution in [2.24, 2.45) is 52.3 Å². The molecule has 3 fully saturated rings. The van der Waals surface area contributed by atoms with Crippen molar-refractivity contribution in [2.45, 2.75) is 67.7 Å². The van der Waals surface area contributed by atoms with Crippen molar-refractivity contribution in [1.82, 2.24) is 0 Å². The molecule has 0 spiro atoms. The molecule has 7 unspecified atom stereocenters. The maximum absolute atomic E-state index is 2.57. The highest BCUT2D eigenvalue weighted by Crippen LogP contribution is 2.75. The van der Waals surface area contributed by atoms with E-state index in [0.29, 0.717) is 10.8 Å². The van der Waals surface area contributed by atoms with Crippen LogP contribution in [0.2, 0.25) is 0 Å². The molecule has 0 radical (unpaired) electrons. The zero-order chi connectivity index (χ0) is 14.2. The molecule has 0 N–H and O–H groups in total. The molecule has 19 heavy (non-hydrogen) atoms. The lowest BCUT2D eigenvalue weighted by Gasteiger charge is -2.52. The third kappa shape index (κ3) is 1.52. The van der Waals surface area contributed by atoms with E-state index in [9.17, 15) is 0 Å². The van der Waals surface area contributed by atoms with Gasteiger partial charge in [-0.1, -0.05) is 54.9 Å². The van der Waals surface area contributed by atoms with Crippen LogP contribution in [0.15, 0.2) is 0 Å². The number of hydrogen-bond acceptors (Lipinski definition) is 0. The van der Waals surface area contributed by atoms with Gasteiger partial charge < -0.3 is 0 Å². The van der Waals surface area contributed by atoms with Crippen molar-refractivity contribution in [3.63, 3.8) is 0 Å². The Balaban J connectivity index is 1.97. The summed E-state index contributed by atoms with van der Waals surface area (Å²) in [5.74, 6) is 7.05. The molecule has 0 heteroatoms. The summed E-state index contributed by atoms with van der Waals surface area (Å²) in [7, 11) is 0. The van der Waals surface area contributed by atoms with Gasteiger partial charge in [0.2, 0.25) is 0 Å². The molecule has 0 saturated heterocycles. The fraction of sp³-hybridized carbons (Fsp3) is 1.00. The Labute approximate surface area is 120 Å². The van der Waals surface area contributed by atoms with Gasteiger partial charge in [0.15, 0.2) is 0 Å². The zero-order valence-corrected chi connectivity index (χ0v) is 14.2. The Bertz CT molecular complexity index is 364. The molecule has 2 bridgehead atoms. The molecule has 110 valence electrons. The van der Waals surface area contributed by atoms with E-state index >= 15 is 0 Å². The van der Waals surface area contributed by atoms with E-state index < -0.39 is 0 Å². The number of hydrogen-bond donors (Lipinski definition) is 0. The minimum Gasteiger partial charge on any atom is -0.0651 e. The second-order valence-electron chi connectivity index (χ2n) is 9.31. The Morgan fingerprint density at radius 1 is 0.947 bits per heavy atom. The predicted molar refractivity (Wildman–Crippen MR) is 82.9 cm³/mol. The highest BCUT2D eigenvalue weighted by Gasteiger charge is 2.69. The van der Waals surface area contributed by atoms with E-state index in [4.69, 9.17) is 0 Å². The first-order chi connectivity index (χ1) is 8.73. The summed E-state index contributed by atoms with van der Waals surface area (Å²) in [5.41, 5.74) is 1.10. The largest absolute Gasteiger partial charge is 0.0651 e. The van der Waals surface area contributed by atoms with E-state index in [1.165, 1.54) is 19.3 Å². The van der Waals surface area contributed by atoms with Gasteiger partial charge in [0.05, 0.1) is 0 Å². The highest BCUT2D eigenvalue weighted by molar-refractivity contribution is 5.17. The summed E-state index contributed by atoms with van der Waals surface area (Å²) < 4.78 is 0. The summed E-state index contributed by atoms with van der Waals surface area (Å²) in [6.07, 6.45) is 4.43. The van der Waals surface area contributed by atoms with E-state index in [1.54, 1.807) is 0 Å². The van der Waals surface area contributed by atoms with Crippen LogP contribution in [0.25, 0.3) is 0 Å². The molecule has 3 aliphatic carbocycles. The molecule has 0 aromatic heterocycles. The fourth-order valence-corrected chi connectivity index (χ4v) is 6.65. The van der Waals surface area contributed by atoms with Crippen molar-refractivity contribution in [1.29, 1.82) is 0 Å². The zero-order valence-electron chi connectivity index (χ0n) is 14.2. The lowest BCUT2D eigenvalue weighted by molar-refractivity contribution is -0.0433. The van der Waals surface area contributed by atoms with Gasteiger partial charge in [-0.15, -0.1) is 0 Å². The standard InChI is InChI=1S/C19H34/c1-8-11(2)13-9-12(3)16-14-10-15(17(13)16)19(6,7)18(14,4)5/h11-17H,8-10H2,1-7H3. The lowest BCUT2D eigenvalue weighted by Crippen LogP contribution is -2.47. The smallest absolute Gasteiger partial charge is 0.0269 e. The van der Waals surface area contributed by atoms with Gasteiger partial charge in [-0.05, 0) is 65.1 Å². The molecule has 3 rings (SSSR count). The van der Waals surface area contributed by atoms with Crippen LogP contribution in [-0.4, -0.2) is 0 Å². The third-order valence-electron chi connectivity index (χ3n) is 8.57. The summed E-state index contributed by atoms with van der Waals surface area (Å²) in [6, 6.07) is 0. The van der Waals surface area contributed by atoms with Gasteiger partial charge in [-0.25, -0.2) is 0 Å². The second kappa shape index (κ2) is 4.01. The summed E-state index contributed by atoms with van der Waals surface area (Å²) in [5, 5.41) is 0. The van der Waals surface area contributed by atoms with Crippen LogP contribution in [-0.2, 0) is 0 Å². The molecule has 3 saturated carbocycles. The monoisotopic (exact) mass is 262 g/mol. The van der Waals surface area contributed by atoms with Gasteiger partial charge >= 0.3 is 0 Å². The van der Waals surface area contributed by atoms with Crippen LogP contribution < -0.4 is 0 Å². The van der Waals surface area contributed by atoms with Crippen LogP contribution in [0, 0.1) is 52.3 Å². The summed E-state index contributed by atoms with van der Waals surface area (Å²) in [4.78, 5) is 0. The van der Waals surface area contributed by atoms with Crippen LogP contribution in [0.3, 0.4) is 0 Å². The molecule has 0 nitrogen and oxygen atoms in total. The molecule has 3 aliphatic rings. The molecule has 0 amide bonds. The van der Waals surface area contributed by atoms with Gasteiger partial charge in [0.25, 0.3) is 0 Å². The van der Waals surface area contributed by atoms with Crippen molar-refractivity contribution in [3.05, 3.63) is 0 Å². The second-order valence-corrected chi connectivity index (χ2v) is 9.31. The number of rotatable bonds is 2. The normalized spacial score (nSPS) is 51.3. The van der Waals surface area contributed by atoms with E-state index in [2.05, 4.69) is 48.5 Å². The Morgan fingerprint density at radius 3 is 2.00 bits per heavy atom. The van der Waals surface area contributed by atoms with Crippen molar-refractivity contribution < 1.29 is 0 Å². The summed E-state index contributed by atoms with van der Waals surface area (Å²) in [6.45, 7) is 17.8. The van der Waals surface area contributed by atoms with Gasteiger partial charge in [0.1, 0.15) is 0 Å². The predicted octanol–water partition coefficient (Wildman–Crippen LogP) is 5.62. The van der Waals surface area contributed by atoms with Crippen LogP contribution in [0.1, 0.15) is 67.7 Å².